The molecule has 0 unspecified atom stereocenters. The molecule has 0 atom stereocenters. The van der Waals surface area contributed by atoms with E-state index in [-0.39, 0.29) is 22.7 Å². The van der Waals surface area contributed by atoms with E-state index in [1.165, 1.54) is 35.4 Å². The van der Waals surface area contributed by atoms with E-state index < -0.39 is 5.60 Å². The average molecular weight is 383 g/mol. The van der Waals surface area contributed by atoms with E-state index in [1.54, 1.807) is 21.0 Å². The van der Waals surface area contributed by atoms with E-state index in [0.29, 0.717) is 12.4 Å². The minimum absolute atomic E-state index is 0.119. The van der Waals surface area contributed by atoms with Crippen molar-refractivity contribution in [3.05, 3.63) is 65.5 Å². The molecule has 0 heterocycles. The maximum absolute atomic E-state index is 13.1. The number of nitrogens with one attached hydrogen (secondary N) is 1. The lowest BCUT2D eigenvalue weighted by Crippen LogP contribution is -2.78. The summed E-state index contributed by atoms with van der Waals surface area (Å²) in [5.74, 6) is 0.0105. The number of amides is 1. The summed E-state index contributed by atoms with van der Waals surface area (Å²) in [4.78, 5) is 12.8. The molecule has 2 aromatic carbocycles. The highest BCUT2D eigenvalue weighted by atomic mass is 19.1. The van der Waals surface area contributed by atoms with Crippen LogP contribution in [0.3, 0.4) is 0 Å². The zero-order valence-corrected chi connectivity index (χ0v) is 16.5. The van der Waals surface area contributed by atoms with Crippen LogP contribution in [0.2, 0.25) is 0 Å². The summed E-state index contributed by atoms with van der Waals surface area (Å²) in [6.45, 7) is 4.10. The van der Waals surface area contributed by atoms with Crippen LogP contribution in [-0.4, -0.2) is 24.2 Å². The fraction of sp³-hybridized carbons (Fsp3) is 0.435. The van der Waals surface area contributed by atoms with Gasteiger partial charge in [0.1, 0.15) is 11.6 Å². The molecule has 3 aliphatic rings. The Morgan fingerprint density at radius 3 is 2.25 bits per heavy atom. The van der Waals surface area contributed by atoms with Gasteiger partial charge in [0.25, 0.3) is 5.91 Å². The molecule has 3 aliphatic carbocycles. The molecule has 148 valence electrons. The summed E-state index contributed by atoms with van der Waals surface area (Å²) in [5.41, 5.74) is 1.56. The van der Waals surface area contributed by atoms with Gasteiger partial charge in [-0.3, -0.25) is 4.79 Å². The van der Waals surface area contributed by atoms with Crippen molar-refractivity contribution in [3.8, 4) is 5.75 Å². The number of carbonyl (C=O) groups excluding carboxylic acids is 1. The second-order valence-corrected chi connectivity index (χ2v) is 8.74. The van der Waals surface area contributed by atoms with Crippen molar-refractivity contribution in [3.63, 3.8) is 0 Å². The molecule has 2 bridgehead atoms. The van der Waals surface area contributed by atoms with E-state index in [1.807, 2.05) is 0 Å². The Kier molecular flexibility index (Phi) is 4.46. The van der Waals surface area contributed by atoms with Gasteiger partial charge < -0.3 is 14.8 Å². The lowest BCUT2D eigenvalue weighted by molar-refractivity contribution is -0.150. The van der Waals surface area contributed by atoms with Crippen molar-refractivity contribution in [2.45, 2.75) is 56.3 Å². The average Bonchev–Trinajstić information content (AvgIpc) is 2.59. The van der Waals surface area contributed by atoms with Crippen molar-refractivity contribution in [2.75, 3.05) is 7.11 Å². The van der Waals surface area contributed by atoms with Gasteiger partial charge in [0.15, 0.2) is 5.60 Å². The third-order valence-electron chi connectivity index (χ3n) is 6.02. The first kappa shape index (κ1) is 18.9. The fourth-order valence-corrected chi connectivity index (χ4v) is 4.58. The van der Waals surface area contributed by atoms with Crippen LogP contribution in [0.15, 0.2) is 48.5 Å². The molecule has 3 saturated carbocycles. The predicted octanol–water partition coefficient (Wildman–Crippen LogP) is 4.12. The Labute approximate surface area is 165 Å². The Hall–Kier alpha value is -2.40. The zero-order valence-electron chi connectivity index (χ0n) is 16.5. The van der Waals surface area contributed by atoms with E-state index >= 15 is 0 Å². The number of methoxy groups -OCH3 is 1. The topological polar surface area (TPSA) is 47.6 Å². The molecule has 1 amide bonds. The Balaban J connectivity index is 1.35. The van der Waals surface area contributed by atoms with Gasteiger partial charge in [-0.1, -0.05) is 24.3 Å². The van der Waals surface area contributed by atoms with Crippen LogP contribution in [0.25, 0.3) is 0 Å². The van der Waals surface area contributed by atoms with Crippen molar-refractivity contribution in [1.82, 2.24) is 5.32 Å². The van der Waals surface area contributed by atoms with E-state index in [0.717, 1.165) is 19.3 Å². The number of hydrogen-bond acceptors (Lipinski definition) is 3. The minimum Gasteiger partial charge on any atom is -0.478 e. The minimum atomic E-state index is -1.03. The molecule has 2 aromatic rings. The van der Waals surface area contributed by atoms with Crippen LogP contribution in [0.1, 0.15) is 44.2 Å². The second kappa shape index (κ2) is 6.59. The zero-order chi connectivity index (χ0) is 20.0. The van der Waals surface area contributed by atoms with Crippen molar-refractivity contribution >= 4 is 5.91 Å². The molecule has 28 heavy (non-hydrogen) atoms. The number of halogens is 1. The van der Waals surface area contributed by atoms with Gasteiger partial charge in [0.2, 0.25) is 0 Å². The predicted molar refractivity (Wildman–Crippen MR) is 105 cm³/mol. The van der Waals surface area contributed by atoms with Gasteiger partial charge in [0, 0.05) is 18.1 Å². The van der Waals surface area contributed by atoms with Gasteiger partial charge in [-0.05, 0) is 68.5 Å². The summed E-state index contributed by atoms with van der Waals surface area (Å²) in [6.07, 6.45) is 2.88. The van der Waals surface area contributed by atoms with Crippen LogP contribution < -0.4 is 10.1 Å². The SMILES string of the molecule is COCc1ccc(C23CC(NC(=O)C(C)(C)Oc4ccc(F)cc4)(C2)C3)cc1. The van der Waals surface area contributed by atoms with Gasteiger partial charge in [0.05, 0.1) is 6.61 Å². The second-order valence-electron chi connectivity index (χ2n) is 8.74. The number of rotatable bonds is 7. The number of ether oxygens (including phenoxy) is 2. The van der Waals surface area contributed by atoms with Gasteiger partial charge >= 0.3 is 0 Å². The normalized spacial score (nSPS) is 25.4. The number of hydrogen-bond donors (Lipinski definition) is 1. The quantitative estimate of drug-likeness (QED) is 0.782. The number of benzene rings is 2. The molecule has 5 rings (SSSR count). The molecule has 0 radical (unpaired) electrons. The van der Waals surface area contributed by atoms with Gasteiger partial charge in [-0.15, -0.1) is 0 Å². The molecule has 1 N–H and O–H groups in total. The molecular weight excluding hydrogens is 357 g/mol. The lowest BCUT2D eigenvalue weighted by atomic mass is 9.37. The van der Waals surface area contributed by atoms with Crippen LogP contribution in [-0.2, 0) is 21.6 Å². The summed E-state index contributed by atoms with van der Waals surface area (Å²) < 4.78 is 24.0. The van der Waals surface area contributed by atoms with E-state index in [2.05, 4.69) is 29.6 Å². The van der Waals surface area contributed by atoms with Crippen molar-refractivity contribution in [2.24, 2.45) is 0 Å². The highest BCUT2D eigenvalue weighted by Gasteiger charge is 2.69. The monoisotopic (exact) mass is 383 g/mol. The first-order valence-corrected chi connectivity index (χ1v) is 9.62. The Bertz CT molecular complexity index is 854. The molecule has 0 aliphatic heterocycles. The first-order valence-electron chi connectivity index (χ1n) is 9.62. The summed E-state index contributed by atoms with van der Waals surface area (Å²) >= 11 is 0. The third-order valence-corrected chi connectivity index (χ3v) is 6.02. The first-order chi connectivity index (χ1) is 13.3. The molecule has 4 nitrogen and oxygen atoms in total. The van der Waals surface area contributed by atoms with E-state index in [4.69, 9.17) is 9.47 Å². The standard InChI is InChI=1S/C23H26FNO3/c1-21(2,28-19-10-8-18(24)9-11-19)20(26)25-23-13-22(14-23,15-23)17-6-4-16(5-7-17)12-27-3/h4-11H,12-15H2,1-3H3,(H,25,26). The Morgan fingerprint density at radius 2 is 1.68 bits per heavy atom. The summed E-state index contributed by atoms with van der Waals surface area (Å²) in [5, 5.41) is 3.20. The maximum Gasteiger partial charge on any atom is 0.264 e. The highest BCUT2D eigenvalue weighted by Crippen LogP contribution is 2.67. The molecule has 0 aromatic heterocycles. The molecule has 5 heteroatoms. The molecule has 0 saturated heterocycles. The van der Waals surface area contributed by atoms with Crippen LogP contribution in [0.4, 0.5) is 4.39 Å². The molecule has 0 spiro atoms. The van der Waals surface area contributed by atoms with Crippen molar-refractivity contribution < 1.29 is 18.7 Å². The third kappa shape index (κ3) is 3.28. The highest BCUT2D eigenvalue weighted by molar-refractivity contribution is 5.86. The Morgan fingerprint density at radius 1 is 1.07 bits per heavy atom. The molecule has 3 fully saturated rings. The van der Waals surface area contributed by atoms with Crippen LogP contribution in [0.5, 0.6) is 5.75 Å². The van der Waals surface area contributed by atoms with Gasteiger partial charge in [-0.2, -0.15) is 0 Å². The maximum atomic E-state index is 13.1. The lowest BCUT2D eigenvalue weighted by Gasteiger charge is -2.71. The molecular formula is C23H26FNO3. The largest absolute Gasteiger partial charge is 0.478 e. The summed E-state index contributed by atoms with van der Waals surface area (Å²) in [7, 11) is 1.70. The van der Waals surface area contributed by atoms with Crippen LogP contribution in [0, 0.1) is 5.82 Å². The van der Waals surface area contributed by atoms with Gasteiger partial charge in [-0.25, -0.2) is 4.39 Å². The fourth-order valence-electron chi connectivity index (χ4n) is 4.58. The summed E-state index contributed by atoms with van der Waals surface area (Å²) in [6, 6.07) is 14.3. The smallest absolute Gasteiger partial charge is 0.264 e. The van der Waals surface area contributed by atoms with E-state index in [9.17, 15) is 9.18 Å². The van der Waals surface area contributed by atoms with Crippen LogP contribution >= 0.6 is 0 Å². The van der Waals surface area contributed by atoms with Crippen molar-refractivity contribution in [1.29, 1.82) is 0 Å². The number of carbonyl (C=O) groups is 1.